The van der Waals surface area contributed by atoms with Gasteiger partial charge in [-0.15, -0.1) is 0 Å². The number of likely N-dealkylation sites (N-methyl/N-ethyl adjacent to an activating group) is 1. The van der Waals surface area contributed by atoms with Crippen LogP contribution in [0.1, 0.15) is 40.1 Å². The van der Waals surface area contributed by atoms with Gasteiger partial charge >= 0.3 is 0 Å². The minimum atomic E-state index is -0.518. The molecule has 2 aromatic rings. The van der Waals surface area contributed by atoms with Crippen LogP contribution < -0.4 is 4.74 Å². The topological polar surface area (TPSA) is 92.2 Å². The number of benzene rings is 1. The summed E-state index contributed by atoms with van der Waals surface area (Å²) < 4.78 is 24.7. The number of nitrogens with zero attached hydrogens (tertiary/aromatic N) is 3. The maximum absolute atomic E-state index is 13.6. The number of rotatable bonds is 6. The first-order valence-electron chi connectivity index (χ1n) is 11.3. The summed E-state index contributed by atoms with van der Waals surface area (Å²) in [7, 11) is 3.15. The van der Waals surface area contributed by atoms with Crippen molar-refractivity contribution in [2.45, 2.75) is 26.0 Å². The third kappa shape index (κ3) is 6.35. The lowest BCUT2D eigenvalue weighted by molar-refractivity contribution is 0.0313. The molecule has 35 heavy (non-hydrogen) atoms. The van der Waals surface area contributed by atoms with E-state index >= 15 is 0 Å². The highest BCUT2D eigenvalue weighted by Crippen LogP contribution is 2.27. The number of carbonyl (C=O) groups is 2. The summed E-state index contributed by atoms with van der Waals surface area (Å²) in [6.45, 7) is 4.18. The number of aliphatic hydroxyl groups excluding tert-OH is 1. The van der Waals surface area contributed by atoms with Crippen LogP contribution in [-0.4, -0.2) is 84.3 Å². The molecule has 1 aliphatic rings. The Hall–Kier alpha value is -3.48. The van der Waals surface area contributed by atoms with E-state index in [0.29, 0.717) is 12.1 Å². The molecule has 0 spiro atoms. The zero-order valence-electron chi connectivity index (χ0n) is 20.3. The lowest BCUT2D eigenvalue weighted by Gasteiger charge is -2.37. The maximum Gasteiger partial charge on any atom is 0.259 e. The van der Waals surface area contributed by atoms with Crippen LogP contribution in [0, 0.1) is 23.6 Å². The number of methoxy groups -OCH3 is 1. The molecule has 3 atom stereocenters. The molecule has 0 unspecified atom stereocenters. The van der Waals surface area contributed by atoms with Crippen molar-refractivity contribution in [1.82, 2.24) is 14.8 Å². The second kappa shape index (κ2) is 11.8. The van der Waals surface area contributed by atoms with Crippen molar-refractivity contribution in [2.75, 3.05) is 40.5 Å². The molecule has 0 radical (unpaired) electrons. The average molecular weight is 484 g/mol. The standard InChI is InChI=1S/C26H30FN3O5/c1-17-14-30(18(2)16-31)26(33)22-11-19(7-6-10-34-4)13-28-24(22)35-23(17)15-29(3)25(32)20-8-5-9-21(27)12-20/h5,8-9,11-13,17-18,23,31H,10,14-16H2,1-4H3/t17-,18-,23+/m1/s1. The van der Waals surface area contributed by atoms with Gasteiger partial charge in [0.1, 0.15) is 24.1 Å². The summed E-state index contributed by atoms with van der Waals surface area (Å²) in [5.74, 6) is 4.50. The zero-order valence-corrected chi connectivity index (χ0v) is 20.3. The van der Waals surface area contributed by atoms with E-state index in [1.54, 1.807) is 31.0 Å². The van der Waals surface area contributed by atoms with Crippen LogP contribution in [0.2, 0.25) is 0 Å². The molecular weight excluding hydrogens is 453 g/mol. The molecule has 1 N–H and O–H groups in total. The van der Waals surface area contributed by atoms with E-state index in [1.165, 1.54) is 36.4 Å². The Labute approximate surface area is 204 Å². The van der Waals surface area contributed by atoms with Crippen LogP contribution in [-0.2, 0) is 4.74 Å². The van der Waals surface area contributed by atoms with Crippen LogP contribution >= 0.6 is 0 Å². The van der Waals surface area contributed by atoms with Gasteiger partial charge in [-0.1, -0.05) is 24.8 Å². The van der Waals surface area contributed by atoms with Crippen molar-refractivity contribution < 1.29 is 28.6 Å². The fraction of sp³-hybridized carbons (Fsp3) is 0.423. The summed E-state index contributed by atoms with van der Waals surface area (Å²) in [6.07, 6.45) is 0.996. The normalized spacial score (nSPS) is 18.3. The van der Waals surface area contributed by atoms with Gasteiger partial charge < -0.3 is 24.4 Å². The number of hydrogen-bond donors (Lipinski definition) is 1. The highest BCUT2D eigenvalue weighted by molar-refractivity contribution is 5.97. The molecule has 9 heteroatoms. The molecule has 2 heterocycles. The van der Waals surface area contributed by atoms with Gasteiger partial charge in [-0.05, 0) is 31.2 Å². The molecule has 0 aliphatic carbocycles. The van der Waals surface area contributed by atoms with Crippen molar-refractivity contribution in [1.29, 1.82) is 0 Å². The Morgan fingerprint density at radius 2 is 2.20 bits per heavy atom. The van der Waals surface area contributed by atoms with Crippen molar-refractivity contribution in [3.05, 3.63) is 59.0 Å². The van der Waals surface area contributed by atoms with Gasteiger partial charge in [-0.25, -0.2) is 9.37 Å². The first kappa shape index (κ1) is 26.1. The van der Waals surface area contributed by atoms with Crippen molar-refractivity contribution >= 4 is 11.8 Å². The quantitative estimate of drug-likeness (QED) is 0.634. The number of aliphatic hydroxyl groups is 1. The van der Waals surface area contributed by atoms with Crippen molar-refractivity contribution in [2.24, 2.45) is 5.92 Å². The first-order chi connectivity index (χ1) is 16.7. The molecule has 8 nitrogen and oxygen atoms in total. The molecule has 1 aromatic carbocycles. The Balaban J connectivity index is 1.93. The van der Waals surface area contributed by atoms with Gasteiger partial charge in [0.05, 0.1) is 19.2 Å². The lowest BCUT2D eigenvalue weighted by atomic mass is 9.99. The Bertz CT molecular complexity index is 1130. The van der Waals surface area contributed by atoms with E-state index < -0.39 is 18.0 Å². The lowest BCUT2D eigenvalue weighted by Crippen LogP contribution is -2.50. The van der Waals surface area contributed by atoms with Gasteiger partial charge in [-0.3, -0.25) is 9.59 Å². The number of ether oxygens (including phenoxy) is 2. The third-order valence-electron chi connectivity index (χ3n) is 5.84. The van der Waals surface area contributed by atoms with E-state index in [1.807, 2.05) is 6.92 Å². The molecule has 186 valence electrons. The van der Waals surface area contributed by atoms with Gasteiger partial charge in [0.25, 0.3) is 11.8 Å². The minimum Gasteiger partial charge on any atom is -0.472 e. The number of fused-ring (bicyclic) bond motifs is 1. The van der Waals surface area contributed by atoms with Crippen LogP contribution in [0.5, 0.6) is 5.88 Å². The SMILES string of the molecule is COCC#Cc1cnc2c(c1)C(=O)N([C@H](C)CO)C[C@@H](C)[C@H](CN(C)C(=O)c1cccc(F)c1)O2. The van der Waals surface area contributed by atoms with Gasteiger partial charge in [0.2, 0.25) is 5.88 Å². The first-order valence-corrected chi connectivity index (χ1v) is 11.3. The molecule has 0 bridgehead atoms. The summed E-state index contributed by atoms with van der Waals surface area (Å²) in [5.41, 5.74) is 0.984. The van der Waals surface area contributed by atoms with Gasteiger partial charge in [0, 0.05) is 43.9 Å². The largest absolute Gasteiger partial charge is 0.472 e. The predicted molar refractivity (Wildman–Crippen MR) is 128 cm³/mol. The number of pyridine rings is 1. The minimum absolute atomic E-state index is 0.130. The Morgan fingerprint density at radius 1 is 1.43 bits per heavy atom. The van der Waals surface area contributed by atoms with Crippen LogP contribution in [0.4, 0.5) is 4.39 Å². The highest BCUT2D eigenvalue weighted by Gasteiger charge is 2.34. The second-order valence-electron chi connectivity index (χ2n) is 8.63. The molecule has 2 amide bonds. The smallest absolute Gasteiger partial charge is 0.259 e. The fourth-order valence-corrected chi connectivity index (χ4v) is 3.79. The highest BCUT2D eigenvalue weighted by atomic mass is 19.1. The maximum atomic E-state index is 13.6. The number of halogens is 1. The monoisotopic (exact) mass is 483 g/mol. The van der Waals surface area contributed by atoms with Crippen molar-refractivity contribution in [3.63, 3.8) is 0 Å². The van der Waals surface area contributed by atoms with E-state index in [-0.39, 0.29) is 54.5 Å². The summed E-state index contributed by atoms with van der Waals surface area (Å²) in [4.78, 5) is 33.7. The summed E-state index contributed by atoms with van der Waals surface area (Å²) >= 11 is 0. The van der Waals surface area contributed by atoms with E-state index in [4.69, 9.17) is 9.47 Å². The van der Waals surface area contributed by atoms with Crippen molar-refractivity contribution in [3.8, 4) is 17.7 Å². The molecule has 3 rings (SSSR count). The Morgan fingerprint density at radius 3 is 2.89 bits per heavy atom. The van der Waals surface area contributed by atoms with Crippen LogP contribution in [0.25, 0.3) is 0 Å². The van der Waals surface area contributed by atoms with E-state index in [2.05, 4.69) is 16.8 Å². The van der Waals surface area contributed by atoms with E-state index in [9.17, 15) is 19.1 Å². The second-order valence-corrected chi connectivity index (χ2v) is 8.63. The molecular formula is C26H30FN3O5. The molecule has 0 saturated carbocycles. The fourth-order valence-electron chi connectivity index (χ4n) is 3.79. The molecule has 0 saturated heterocycles. The van der Waals surface area contributed by atoms with Crippen LogP contribution in [0.15, 0.2) is 36.5 Å². The predicted octanol–water partition coefficient (Wildman–Crippen LogP) is 2.21. The van der Waals surface area contributed by atoms with Crippen LogP contribution in [0.3, 0.4) is 0 Å². The van der Waals surface area contributed by atoms with E-state index in [0.717, 1.165) is 0 Å². The van der Waals surface area contributed by atoms with Gasteiger partial charge in [-0.2, -0.15) is 0 Å². The number of amides is 2. The summed E-state index contributed by atoms with van der Waals surface area (Å²) in [5, 5.41) is 9.77. The molecule has 0 fully saturated rings. The average Bonchev–Trinajstić information content (AvgIpc) is 2.85. The summed E-state index contributed by atoms with van der Waals surface area (Å²) in [6, 6.07) is 6.68. The number of hydrogen-bond acceptors (Lipinski definition) is 6. The number of carbonyl (C=O) groups excluding carboxylic acids is 2. The zero-order chi connectivity index (χ0) is 25.5. The molecule has 1 aromatic heterocycles. The van der Waals surface area contributed by atoms with Gasteiger partial charge in [0.15, 0.2) is 0 Å². The number of aromatic nitrogens is 1. The Kier molecular flexibility index (Phi) is 8.79. The molecule has 1 aliphatic heterocycles. The third-order valence-corrected chi connectivity index (χ3v) is 5.84.